The van der Waals surface area contributed by atoms with Crippen LogP contribution in [0.25, 0.3) is 0 Å². The van der Waals surface area contributed by atoms with Crippen LogP contribution in [0.15, 0.2) is 96.0 Å². The molecule has 3 aromatic carbocycles. The van der Waals surface area contributed by atoms with Crippen molar-refractivity contribution in [1.82, 2.24) is 5.32 Å². The third-order valence-corrected chi connectivity index (χ3v) is 6.40. The van der Waals surface area contributed by atoms with Gasteiger partial charge in [-0.1, -0.05) is 66.4 Å². The summed E-state index contributed by atoms with van der Waals surface area (Å²) in [4.78, 5) is 55.0. The summed E-state index contributed by atoms with van der Waals surface area (Å²) in [7, 11) is 0. The number of nitrogens with two attached hydrogens (primary N) is 1. The molecule has 0 saturated carbocycles. The number of thioether (sulfide) groups is 1. The maximum absolute atomic E-state index is 13.1. The quantitative estimate of drug-likeness (QED) is 0.176. The van der Waals surface area contributed by atoms with Gasteiger partial charge in [-0.2, -0.15) is 4.99 Å². The molecule has 1 aliphatic heterocycles. The highest BCUT2D eigenvalue weighted by Crippen LogP contribution is 2.28. The van der Waals surface area contributed by atoms with E-state index in [1.807, 2.05) is 0 Å². The number of nitrogens with zero attached hydrogens (tertiary/aromatic N) is 1. The standard InChI is InChI=1S/C29H27N3O8S/c1-41-28(30)32-29(36)31-24-23(40-27(35)20-15-9-4-10-16-20)22(39-26(34)19-13-7-3-8-14-19)21(38-24)17-37-25(33)18-11-5-2-6-12-18/h2-16,21-24H,17H2,1H3,(H3,30,31,32,36). The van der Waals surface area contributed by atoms with Gasteiger partial charge in [-0.3, -0.25) is 0 Å². The lowest BCUT2D eigenvalue weighted by Gasteiger charge is -2.24. The van der Waals surface area contributed by atoms with Crippen LogP contribution in [0.3, 0.4) is 0 Å². The predicted molar refractivity (Wildman–Crippen MR) is 150 cm³/mol. The molecule has 12 heteroatoms. The molecule has 1 fully saturated rings. The fourth-order valence-electron chi connectivity index (χ4n) is 3.90. The summed E-state index contributed by atoms with van der Waals surface area (Å²) < 4.78 is 22.9. The van der Waals surface area contributed by atoms with Gasteiger partial charge in [0.15, 0.2) is 23.6 Å². The zero-order valence-corrected chi connectivity index (χ0v) is 22.7. The summed E-state index contributed by atoms with van der Waals surface area (Å²) in [6.07, 6.45) is -3.45. The van der Waals surface area contributed by atoms with Gasteiger partial charge in [0, 0.05) is 0 Å². The average Bonchev–Trinajstić information content (AvgIpc) is 3.31. The lowest BCUT2D eigenvalue weighted by atomic mass is 10.1. The summed E-state index contributed by atoms with van der Waals surface area (Å²) >= 11 is 1.05. The number of hydrogen-bond acceptors (Lipinski definition) is 9. The molecule has 4 atom stereocenters. The number of benzene rings is 3. The molecule has 4 rings (SSSR count). The number of hydrogen-bond donors (Lipinski definition) is 2. The van der Waals surface area contributed by atoms with Crippen LogP contribution in [0.1, 0.15) is 31.1 Å². The first-order valence-electron chi connectivity index (χ1n) is 12.4. The van der Waals surface area contributed by atoms with Crippen LogP contribution in [0.5, 0.6) is 0 Å². The maximum Gasteiger partial charge on any atom is 0.345 e. The first kappa shape index (κ1) is 29.3. The molecule has 0 aliphatic carbocycles. The summed E-state index contributed by atoms with van der Waals surface area (Å²) in [5, 5.41) is 2.48. The largest absolute Gasteiger partial charge is 0.459 e. The number of nitrogens with one attached hydrogen (secondary N) is 1. The molecule has 3 aromatic rings. The van der Waals surface area contributed by atoms with Gasteiger partial charge in [0.25, 0.3) is 0 Å². The highest BCUT2D eigenvalue weighted by molar-refractivity contribution is 8.13. The van der Waals surface area contributed by atoms with Crippen molar-refractivity contribution in [2.75, 3.05) is 12.9 Å². The topological polar surface area (TPSA) is 156 Å². The van der Waals surface area contributed by atoms with E-state index in [1.54, 1.807) is 97.3 Å². The van der Waals surface area contributed by atoms with Crippen LogP contribution in [-0.2, 0) is 18.9 Å². The number of urea groups is 1. The first-order valence-corrected chi connectivity index (χ1v) is 13.7. The molecule has 4 unspecified atom stereocenters. The van der Waals surface area contributed by atoms with E-state index in [-0.39, 0.29) is 22.9 Å². The van der Waals surface area contributed by atoms with Crippen molar-refractivity contribution in [2.24, 2.45) is 10.7 Å². The highest BCUT2D eigenvalue weighted by Gasteiger charge is 2.51. The number of amidine groups is 1. The number of amides is 2. The second-order valence-corrected chi connectivity index (χ2v) is 9.46. The Morgan fingerprint density at radius 2 is 1.24 bits per heavy atom. The molecule has 0 aromatic heterocycles. The Kier molecular flexibility index (Phi) is 10.1. The molecule has 0 spiro atoms. The van der Waals surface area contributed by atoms with E-state index in [2.05, 4.69) is 10.3 Å². The zero-order valence-electron chi connectivity index (χ0n) is 21.9. The van der Waals surface area contributed by atoms with Gasteiger partial charge < -0.3 is 30.0 Å². The number of carbonyl (C=O) groups is 4. The minimum atomic E-state index is -1.34. The van der Waals surface area contributed by atoms with E-state index in [0.717, 1.165) is 11.8 Å². The molecule has 3 N–H and O–H groups in total. The molecule has 1 heterocycles. The Hall–Kier alpha value is -4.68. The minimum absolute atomic E-state index is 0.0151. The van der Waals surface area contributed by atoms with E-state index in [4.69, 9.17) is 24.7 Å². The van der Waals surface area contributed by atoms with E-state index < -0.39 is 48.5 Å². The fourth-order valence-corrected chi connectivity index (χ4v) is 4.07. The molecule has 1 aliphatic rings. The van der Waals surface area contributed by atoms with Crippen molar-refractivity contribution in [3.63, 3.8) is 0 Å². The van der Waals surface area contributed by atoms with Crippen LogP contribution < -0.4 is 11.1 Å². The third kappa shape index (κ3) is 7.93. The number of rotatable bonds is 8. The predicted octanol–water partition coefficient (Wildman–Crippen LogP) is 3.41. The number of ether oxygens (including phenoxy) is 4. The van der Waals surface area contributed by atoms with Crippen molar-refractivity contribution < 1.29 is 38.1 Å². The van der Waals surface area contributed by atoms with Crippen LogP contribution in [0.2, 0.25) is 0 Å². The molecule has 11 nitrogen and oxygen atoms in total. The van der Waals surface area contributed by atoms with Gasteiger partial charge in [-0.25, -0.2) is 19.2 Å². The first-order chi connectivity index (χ1) is 19.9. The summed E-state index contributed by atoms with van der Waals surface area (Å²) in [5.41, 5.74) is 6.40. The number of carbonyl (C=O) groups excluding carboxylic acids is 4. The number of esters is 3. The van der Waals surface area contributed by atoms with Crippen molar-refractivity contribution in [2.45, 2.75) is 24.5 Å². The fraction of sp³-hybridized carbons (Fsp3) is 0.207. The van der Waals surface area contributed by atoms with E-state index in [9.17, 15) is 19.2 Å². The van der Waals surface area contributed by atoms with Crippen molar-refractivity contribution in [3.8, 4) is 0 Å². The minimum Gasteiger partial charge on any atom is -0.459 e. The van der Waals surface area contributed by atoms with Crippen molar-refractivity contribution >= 4 is 40.9 Å². The SMILES string of the molecule is CS/C(N)=N/C(=O)NC1OC(COC(=O)c2ccccc2)C(OC(=O)c2ccccc2)C1OC(=O)c1ccccc1. The lowest BCUT2D eigenvalue weighted by Crippen LogP contribution is -2.47. The Bertz CT molecular complexity index is 1390. The van der Waals surface area contributed by atoms with Crippen molar-refractivity contribution in [1.29, 1.82) is 0 Å². The van der Waals surface area contributed by atoms with E-state index in [1.165, 1.54) is 0 Å². The molecule has 0 bridgehead atoms. The highest BCUT2D eigenvalue weighted by atomic mass is 32.2. The molecule has 2 amide bonds. The normalized spacial score (nSPS) is 20.1. The third-order valence-electron chi connectivity index (χ3n) is 5.89. The van der Waals surface area contributed by atoms with Crippen LogP contribution in [0, 0.1) is 0 Å². The van der Waals surface area contributed by atoms with Crippen LogP contribution in [-0.4, -0.2) is 66.5 Å². The van der Waals surface area contributed by atoms with Gasteiger partial charge >= 0.3 is 23.9 Å². The second kappa shape index (κ2) is 14.1. The molecule has 41 heavy (non-hydrogen) atoms. The van der Waals surface area contributed by atoms with Gasteiger partial charge in [-0.05, 0) is 42.7 Å². The van der Waals surface area contributed by atoms with E-state index in [0.29, 0.717) is 5.56 Å². The van der Waals surface area contributed by atoms with Crippen LogP contribution >= 0.6 is 11.8 Å². The Morgan fingerprint density at radius 1 is 0.780 bits per heavy atom. The molecule has 0 radical (unpaired) electrons. The van der Waals surface area contributed by atoms with Crippen molar-refractivity contribution in [3.05, 3.63) is 108 Å². The molecular formula is C29H27N3O8S. The summed E-state index contributed by atoms with van der Waals surface area (Å²) in [6.45, 7) is -0.386. The van der Waals surface area contributed by atoms with E-state index >= 15 is 0 Å². The summed E-state index contributed by atoms with van der Waals surface area (Å²) in [5.74, 6) is -2.14. The molecule has 1 saturated heterocycles. The average molecular weight is 578 g/mol. The van der Waals surface area contributed by atoms with Crippen LogP contribution in [0.4, 0.5) is 4.79 Å². The Labute approximate surface area is 240 Å². The monoisotopic (exact) mass is 577 g/mol. The van der Waals surface area contributed by atoms with Gasteiger partial charge in [0.05, 0.1) is 16.7 Å². The molecular weight excluding hydrogens is 550 g/mol. The molecule has 212 valence electrons. The Balaban J connectivity index is 1.62. The zero-order chi connectivity index (χ0) is 29.2. The smallest absolute Gasteiger partial charge is 0.345 e. The number of aliphatic imine (C=N–C) groups is 1. The maximum atomic E-state index is 13.1. The van der Waals surface area contributed by atoms with Gasteiger partial charge in [0.1, 0.15) is 12.7 Å². The second-order valence-electron chi connectivity index (χ2n) is 8.64. The summed E-state index contributed by atoms with van der Waals surface area (Å²) in [6, 6.07) is 23.6. The Morgan fingerprint density at radius 3 is 1.73 bits per heavy atom. The lowest BCUT2D eigenvalue weighted by molar-refractivity contribution is -0.0460. The van der Waals surface area contributed by atoms with Gasteiger partial charge in [-0.15, -0.1) is 0 Å². The van der Waals surface area contributed by atoms with Gasteiger partial charge in [0.2, 0.25) is 0 Å².